The van der Waals surface area contributed by atoms with Crippen LogP contribution < -0.4 is 10.6 Å². The first-order chi connectivity index (χ1) is 11.2. The highest BCUT2D eigenvalue weighted by atomic mass is 16.3. The molecule has 0 spiro atoms. The molecule has 1 saturated carbocycles. The van der Waals surface area contributed by atoms with Crippen LogP contribution in [-0.4, -0.2) is 17.1 Å². The van der Waals surface area contributed by atoms with E-state index in [4.69, 9.17) is 0 Å². The molecule has 120 valence electrons. The Hall–Kier alpha value is -2.49. The van der Waals surface area contributed by atoms with E-state index in [2.05, 4.69) is 10.6 Å². The van der Waals surface area contributed by atoms with E-state index >= 15 is 0 Å². The number of rotatable bonds is 4. The summed E-state index contributed by atoms with van der Waals surface area (Å²) in [6.07, 6.45) is 5.79. The second kappa shape index (κ2) is 7.18. The van der Waals surface area contributed by atoms with Crippen molar-refractivity contribution in [1.29, 1.82) is 0 Å². The van der Waals surface area contributed by atoms with Crippen molar-refractivity contribution in [1.82, 2.24) is 5.32 Å². The number of phenolic OH excluding ortho intramolecular Hbond substituents is 1. The number of nitrogens with one attached hydrogen (secondary N) is 2. The molecule has 2 aromatic carbocycles. The molecule has 3 N–H and O–H groups in total. The first-order valence-corrected chi connectivity index (χ1v) is 8.18. The van der Waals surface area contributed by atoms with Gasteiger partial charge in [0.1, 0.15) is 5.75 Å². The van der Waals surface area contributed by atoms with Gasteiger partial charge in [-0.05, 0) is 49.2 Å². The van der Waals surface area contributed by atoms with E-state index < -0.39 is 0 Å². The quantitative estimate of drug-likeness (QED) is 0.742. The zero-order valence-electron chi connectivity index (χ0n) is 13.1. The Kier molecular flexibility index (Phi) is 4.81. The fourth-order valence-corrected chi connectivity index (χ4v) is 3.00. The standard InChI is InChI=1S/C19H22N2O2/c22-16-12-10-15(11-13-16)20-18-9-5-4-8-17(18)19(23)21-14-6-2-1-3-7-14/h4-5,8-14,20,22H,1-3,6-7H2,(H,21,23). The van der Waals surface area contributed by atoms with Crippen LogP contribution >= 0.6 is 0 Å². The minimum absolute atomic E-state index is 0.0289. The Balaban J connectivity index is 1.74. The fourth-order valence-electron chi connectivity index (χ4n) is 3.00. The van der Waals surface area contributed by atoms with E-state index in [0.29, 0.717) is 5.56 Å². The maximum Gasteiger partial charge on any atom is 0.253 e. The largest absolute Gasteiger partial charge is 0.508 e. The van der Waals surface area contributed by atoms with E-state index in [0.717, 1.165) is 24.2 Å². The normalized spacial score (nSPS) is 15.1. The number of benzene rings is 2. The van der Waals surface area contributed by atoms with Gasteiger partial charge in [-0.15, -0.1) is 0 Å². The van der Waals surface area contributed by atoms with Gasteiger partial charge in [0.15, 0.2) is 0 Å². The first-order valence-electron chi connectivity index (χ1n) is 8.18. The van der Waals surface area contributed by atoms with Gasteiger partial charge in [-0.2, -0.15) is 0 Å². The van der Waals surface area contributed by atoms with Crippen molar-refractivity contribution >= 4 is 17.3 Å². The summed E-state index contributed by atoms with van der Waals surface area (Å²) in [5, 5.41) is 15.8. The van der Waals surface area contributed by atoms with Crippen LogP contribution in [0, 0.1) is 0 Å². The number of aromatic hydroxyl groups is 1. The number of carbonyl (C=O) groups excluding carboxylic acids is 1. The molecule has 2 aromatic rings. The Morgan fingerprint density at radius 3 is 2.39 bits per heavy atom. The van der Waals surface area contributed by atoms with Gasteiger partial charge in [0.25, 0.3) is 5.91 Å². The van der Waals surface area contributed by atoms with Crippen molar-refractivity contribution in [3.63, 3.8) is 0 Å². The Morgan fingerprint density at radius 2 is 1.65 bits per heavy atom. The van der Waals surface area contributed by atoms with Crippen LogP contribution in [0.15, 0.2) is 48.5 Å². The number of hydrogen-bond donors (Lipinski definition) is 3. The molecule has 0 aromatic heterocycles. The smallest absolute Gasteiger partial charge is 0.253 e. The minimum atomic E-state index is -0.0289. The highest BCUT2D eigenvalue weighted by Gasteiger charge is 2.18. The van der Waals surface area contributed by atoms with Gasteiger partial charge in [-0.25, -0.2) is 0 Å². The molecular formula is C19H22N2O2. The van der Waals surface area contributed by atoms with Gasteiger partial charge in [0.2, 0.25) is 0 Å². The summed E-state index contributed by atoms with van der Waals surface area (Å²) in [7, 11) is 0. The summed E-state index contributed by atoms with van der Waals surface area (Å²) in [5.74, 6) is 0.192. The summed E-state index contributed by atoms with van der Waals surface area (Å²) in [4.78, 5) is 12.6. The van der Waals surface area contributed by atoms with Crippen molar-refractivity contribution in [2.45, 2.75) is 38.1 Å². The summed E-state index contributed by atoms with van der Waals surface area (Å²) in [5.41, 5.74) is 2.25. The Labute approximate surface area is 136 Å². The van der Waals surface area contributed by atoms with E-state index in [1.807, 2.05) is 24.3 Å². The molecule has 0 bridgehead atoms. The molecule has 3 rings (SSSR count). The summed E-state index contributed by atoms with van der Waals surface area (Å²) in [6.45, 7) is 0. The van der Waals surface area contributed by atoms with E-state index in [1.54, 1.807) is 24.3 Å². The number of anilines is 2. The maximum absolute atomic E-state index is 12.6. The van der Waals surface area contributed by atoms with E-state index in [1.165, 1.54) is 19.3 Å². The maximum atomic E-state index is 12.6. The molecule has 1 fully saturated rings. The van der Waals surface area contributed by atoms with Crippen LogP contribution in [0.1, 0.15) is 42.5 Å². The molecule has 0 radical (unpaired) electrons. The second-order valence-corrected chi connectivity index (χ2v) is 6.03. The number of amides is 1. The highest BCUT2D eigenvalue weighted by Crippen LogP contribution is 2.23. The van der Waals surface area contributed by atoms with Gasteiger partial charge >= 0.3 is 0 Å². The van der Waals surface area contributed by atoms with Gasteiger partial charge in [-0.3, -0.25) is 4.79 Å². The van der Waals surface area contributed by atoms with Gasteiger partial charge in [-0.1, -0.05) is 31.4 Å². The first kappa shape index (κ1) is 15.4. The molecule has 4 nitrogen and oxygen atoms in total. The molecule has 0 atom stereocenters. The third-order valence-corrected chi connectivity index (χ3v) is 4.26. The Bertz CT molecular complexity index is 661. The van der Waals surface area contributed by atoms with Crippen LogP contribution in [0.5, 0.6) is 5.75 Å². The van der Waals surface area contributed by atoms with Crippen molar-refractivity contribution in [3.8, 4) is 5.75 Å². The average Bonchev–Trinajstić information content (AvgIpc) is 2.58. The molecule has 23 heavy (non-hydrogen) atoms. The molecule has 0 saturated heterocycles. The lowest BCUT2D eigenvalue weighted by molar-refractivity contribution is 0.0928. The molecular weight excluding hydrogens is 288 g/mol. The topological polar surface area (TPSA) is 61.4 Å². The monoisotopic (exact) mass is 310 g/mol. The fraction of sp³-hybridized carbons (Fsp3) is 0.316. The average molecular weight is 310 g/mol. The van der Waals surface area contributed by atoms with Crippen molar-refractivity contribution in [3.05, 3.63) is 54.1 Å². The van der Waals surface area contributed by atoms with Crippen molar-refractivity contribution in [2.75, 3.05) is 5.32 Å². The SMILES string of the molecule is O=C(NC1CCCCC1)c1ccccc1Nc1ccc(O)cc1. The zero-order chi connectivity index (χ0) is 16.1. The molecule has 4 heteroatoms. The summed E-state index contributed by atoms with van der Waals surface area (Å²) in [6, 6.07) is 14.6. The summed E-state index contributed by atoms with van der Waals surface area (Å²) < 4.78 is 0. The van der Waals surface area contributed by atoms with Crippen molar-refractivity contribution in [2.24, 2.45) is 0 Å². The molecule has 0 aliphatic heterocycles. The van der Waals surface area contributed by atoms with Crippen LogP contribution in [0.2, 0.25) is 0 Å². The third kappa shape index (κ3) is 4.03. The van der Waals surface area contributed by atoms with E-state index in [9.17, 15) is 9.90 Å². The molecule has 0 heterocycles. The number of phenols is 1. The molecule has 1 aliphatic carbocycles. The van der Waals surface area contributed by atoms with Crippen LogP contribution in [0.3, 0.4) is 0 Å². The molecule has 0 unspecified atom stereocenters. The number of hydrogen-bond acceptors (Lipinski definition) is 3. The molecule has 1 amide bonds. The Morgan fingerprint density at radius 1 is 0.957 bits per heavy atom. The van der Waals surface area contributed by atoms with Crippen LogP contribution in [0.25, 0.3) is 0 Å². The number of carbonyl (C=O) groups is 1. The lowest BCUT2D eigenvalue weighted by Crippen LogP contribution is -2.36. The summed E-state index contributed by atoms with van der Waals surface area (Å²) >= 11 is 0. The predicted octanol–water partition coefficient (Wildman–Crippen LogP) is 4.20. The lowest BCUT2D eigenvalue weighted by atomic mass is 9.95. The van der Waals surface area contributed by atoms with Gasteiger partial charge in [0.05, 0.1) is 11.3 Å². The third-order valence-electron chi connectivity index (χ3n) is 4.26. The number of para-hydroxylation sites is 1. The predicted molar refractivity (Wildman–Crippen MR) is 92.2 cm³/mol. The second-order valence-electron chi connectivity index (χ2n) is 6.03. The molecule has 1 aliphatic rings. The van der Waals surface area contributed by atoms with E-state index in [-0.39, 0.29) is 17.7 Å². The lowest BCUT2D eigenvalue weighted by Gasteiger charge is -2.23. The van der Waals surface area contributed by atoms with Crippen LogP contribution in [0.4, 0.5) is 11.4 Å². The van der Waals surface area contributed by atoms with Gasteiger partial charge in [0, 0.05) is 11.7 Å². The van der Waals surface area contributed by atoms with Gasteiger partial charge < -0.3 is 15.7 Å². The highest BCUT2D eigenvalue weighted by molar-refractivity contribution is 6.00. The van der Waals surface area contributed by atoms with Crippen LogP contribution in [-0.2, 0) is 0 Å². The van der Waals surface area contributed by atoms with Crippen molar-refractivity contribution < 1.29 is 9.90 Å². The minimum Gasteiger partial charge on any atom is -0.508 e. The zero-order valence-corrected chi connectivity index (χ0v) is 13.1.